The maximum Gasteiger partial charge on any atom is 0.312 e. The molecule has 4 aliphatic rings. The smallest absolute Gasteiger partial charge is 0.312 e. The zero-order valence-corrected chi connectivity index (χ0v) is 16.7. The van der Waals surface area contributed by atoms with Crippen molar-refractivity contribution < 1.29 is 19.1 Å². The highest BCUT2D eigenvalue weighted by molar-refractivity contribution is 5.93. The van der Waals surface area contributed by atoms with Gasteiger partial charge in [0.2, 0.25) is 0 Å². The molecule has 0 spiro atoms. The van der Waals surface area contributed by atoms with Gasteiger partial charge in [-0.1, -0.05) is 13.3 Å². The predicted octanol–water partition coefficient (Wildman–Crippen LogP) is 4.56. The standard InChI is InChI=1S/C23H31NO4/c1-2-3-8-27-20-6-4-19(5-7-20)24-21(25)15-28-22(26)23-12-16-9-17(13-23)11-18(10-16)14-23/h4-7,16-18H,2-3,8-15H2,1H3,(H,24,25). The second kappa shape index (κ2) is 8.14. The van der Waals surface area contributed by atoms with Gasteiger partial charge in [0.25, 0.3) is 5.91 Å². The van der Waals surface area contributed by atoms with Gasteiger partial charge >= 0.3 is 5.97 Å². The number of carbonyl (C=O) groups excluding carboxylic acids is 2. The van der Waals surface area contributed by atoms with Crippen molar-refractivity contribution in [3.63, 3.8) is 0 Å². The first-order chi connectivity index (χ1) is 13.6. The van der Waals surface area contributed by atoms with Crippen molar-refractivity contribution in [2.75, 3.05) is 18.5 Å². The molecular formula is C23H31NO4. The molecule has 4 bridgehead atoms. The first-order valence-corrected chi connectivity index (χ1v) is 10.8. The summed E-state index contributed by atoms with van der Waals surface area (Å²) in [6, 6.07) is 7.29. The van der Waals surface area contributed by atoms with Crippen molar-refractivity contribution >= 4 is 17.6 Å². The highest BCUT2D eigenvalue weighted by atomic mass is 16.5. The summed E-state index contributed by atoms with van der Waals surface area (Å²) in [7, 11) is 0. The number of unbranched alkanes of at least 4 members (excludes halogenated alkanes) is 1. The minimum atomic E-state index is -0.313. The second-order valence-electron chi connectivity index (χ2n) is 9.05. The molecule has 0 aliphatic heterocycles. The molecule has 0 unspecified atom stereocenters. The average molecular weight is 386 g/mol. The van der Waals surface area contributed by atoms with Gasteiger partial charge in [0.1, 0.15) is 5.75 Å². The van der Waals surface area contributed by atoms with Gasteiger partial charge in [-0.2, -0.15) is 0 Å². The van der Waals surface area contributed by atoms with Crippen molar-refractivity contribution in [3.8, 4) is 5.75 Å². The van der Waals surface area contributed by atoms with E-state index in [1.807, 2.05) is 12.1 Å². The third-order valence-electron chi connectivity index (χ3n) is 6.71. The lowest BCUT2D eigenvalue weighted by atomic mass is 9.49. The van der Waals surface area contributed by atoms with Crippen molar-refractivity contribution in [1.29, 1.82) is 0 Å². The van der Waals surface area contributed by atoms with Crippen LogP contribution in [0.5, 0.6) is 5.75 Å². The van der Waals surface area contributed by atoms with E-state index < -0.39 is 0 Å². The van der Waals surface area contributed by atoms with E-state index in [2.05, 4.69) is 12.2 Å². The number of rotatable bonds is 8. The van der Waals surface area contributed by atoms with Crippen molar-refractivity contribution in [3.05, 3.63) is 24.3 Å². The Morgan fingerprint density at radius 1 is 1.04 bits per heavy atom. The summed E-state index contributed by atoms with van der Waals surface area (Å²) in [4.78, 5) is 25.0. The summed E-state index contributed by atoms with van der Waals surface area (Å²) < 4.78 is 11.1. The zero-order chi connectivity index (χ0) is 19.6. The molecule has 152 valence electrons. The number of carbonyl (C=O) groups is 2. The van der Waals surface area contributed by atoms with E-state index in [-0.39, 0.29) is 23.9 Å². The van der Waals surface area contributed by atoms with Crippen LogP contribution < -0.4 is 10.1 Å². The van der Waals surface area contributed by atoms with E-state index in [1.165, 1.54) is 19.3 Å². The molecule has 1 aromatic carbocycles. The number of ether oxygens (including phenoxy) is 2. The molecule has 1 N–H and O–H groups in total. The summed E-state index contributed by atoms with van der Waals surface area (Å²) >= 11 is 0. The van der Waals surface area contributed by atoms with Gasteiger partial charge in [-0.25, -0.2) is 0 Å². The van der Waals surface area contributed by atoms with Crippen LogP contribution in [0.2, 0.25) is 0 Å². The van der Waals surface area contributed by atoms with Crippen molar-refractivity contribution in [2.24, 2.45) is 23.2 Å². The molecule has 0 saturated heterocycles. The quantitative estimate of drug-likeness (QED) is 0.526. The lowest BCUT2D eigenvalue weighted by Crippen LogP contribution is -2.50. The molecule has 0 heterocycles. The van der Waals surface area contributed by atoms with E-state index >= 15 is 0 Å². The molecule has 1 amide bonds. The molecule has 5 rings (SSSR count). The maximum absolute atomic E-state index is 12.8. The second-order valence-corrected chi connectivity index (χ2v) is 9.05. The maximum atomic E-state index is 12.8. The van der Waals surface area contributed by atoms with Crippen LogP contribution in [0.15, 0.2) is 24.3 Å². The van der Waals surface area contributed by atoms with Gasteiger partial charge < -0.3 is 14.8 Å². The lowest BCUT2D eigenvalue weighted by molar-refractivity contribution is -0.172. The monoisotopic (exact) mass is 385 g/mol. The van der Waals surface area contributed by atoms with Gasteiger partial charge in [0.05, 0.1) is 12.0 Å². The number of esters is 1. The van der Waals surface area contributed by atoms with E-state index in [0.717, 1.165) is 37.9 Å². The number of hydrogen-bond acceptors (Lipinski definition) is 4. The fraction of sp³-hybridized carbons (Fsp3) is 0.652. The molecule has 28 heavy (non-hydrogen) atoms. The number of benzene rings is 1. The van der Waals surface area contributed by atoms with E-state index in [1.54, 1.807) is 12.1 Å². The van der Waals surface area contributed by atoms with Crippen LogP contribution in [-0.4, -0.2) is 25.1 Å². The van der Waals surface area contributed by atoms with Crippen molar-refractivity contribution in [2.45, 2.75) is 58.3 Å². The largest absolute Gasteiger partial charge is 0.494 e. The van der Waals surface area contributed by atoms with E-state index in [9.17, 15) is 9.59 Å². The highest BCUT2D eigenvalue weighted by Crippen LogP contribution is 2.60. The SMILES string of the molecule is CCCCOc1ccc(NC(=O)COC(=O)C23CC4CC(CC(C4)C2)C3)cc1. The number of hydrogen-bond donors (Lipinski definition) is 1. The molecule has 0 radical (unpaired) electrons. The molecule has 0 atom stereocenters. The van der Waals surface area contributed by atoms with E-state index in [4.69, 9.17) is 9.47 Å². The topological polar surface area (TPSA) is 64.6 Å². The fourth-order valence-corrected chi connectivity index (χ4v) is 5.81. The van der Waals surface area contributed by atoms with Crippen molar-refractivity contribution in [1.82, 2.24) is 0 Å². The Labute approximate surface area is 167 Å². The minimum absolute atomic E-state index is 0.151. The normalized spacial score (nSPS) is 30.1. The minimum Gasteiger partial charge on any atom is -0.494 e. The van der Waals surface area contributed by atoms with Gasteiger partial charge in [-0.05, 0) is 87.0 Å². The molecule has 4 fully saturated rings. The third-order valence-corrected chi connectivity index (χ3v) is 6.71. The highest BCUT2D eigenvalue weighted by Gasteiger charge is 2.55. The Bertz CT molecular complexity index is 677. The zero-order valence-electron chi connectivity index (χ0n) is 16.7. The Morgan fingerprint density at radius 3 is 2.21 bits per heavy atom. The Hall–Kier alpha value is -2.04. The van der Waals surface area contributed by atoms with Crippen LogP contribution in [-0.2, 0) is 14.3 Å². The summed E-state index contributed by atoms with van der Waals surface area (Å²) in [6.45, 7) is 2.61. The first-order valence-electron chi connectivity index (χ1n) is 10.8. The fourth-order valence-electron chi connectivity index (χ4n) is 5.81. The van der Waals surface area contributed by atoms with Crippen LogP contribution in [0.25, 0.3) is 0 Å². The molecule has 5 heteroatoms. The Kier molecular flexibility index (Phi) is 5.61. The molecule has 5 nitrogen and oxygen atoms in total. The first kappa shape index (κ1) is 19.3. The summed E-state index contributed by atoms with van der Waals surface area (Å²) in [6.07, 6.45) is 8.84. The van der Waals surface area contributed by atoms with E-state index in [0.29, 0.717) is 30.0 Å². The lowest BCUT2D eigenvalue weighted by Gasteiger charge is -2.55. The molecular weight excluding hydrogens is 354 g/mol. The molecule has 0 aromatic heterocycles. The Morgan fingerprint density at radius 2 is 1.64 bits per heavy atom. The number of amides is 1. The number of anilines is 1. The Balaban J connectivity index is 1.25. The van der Waals surface area contributed by atoms with Gasteiger partial charge in [-0.15, -0.1) is 0 Å². The predicted molar refractivity (Wildman–Crippen MR) is 107 cm³/mol. The summed E-state index contributed by atoms with van der Waals surface area (Å²) in [5.41, 5.74) is 0.366. The molecule has 4 saturated carbocycles. The summed E-state index contributed by atoms with van der Waals surface area (Å²) in [5.74, 6) is 2.40. The van der Waals surface area contributed by atoms with Crippen LogP contribution in [0.4, 0.5) is 5.69 Å². The van der Waals surface area contributed by atoms with Crippen LogP contribution in [0.1, 0.15) is 58.3 Å². The average Bonchev–Trinajstić information content (AvgIpc) is 2.66. The molecule has 1 aromatic rings. The van der Waals surface area contributed by atoms with Gasteiger partial charge in [0, 0.05) is 5.69 Å². The van der Waals surface area contributed by atoms with Crippen LogP contribution in [0.3, 0.4) is 0 Å². The van der Waals surface area contributed by atoms with Gasteiger partial charge in [-0.3, -0.25) is 9.59 Å². The summed E-state index contributed by atoms with van der Waals surface area (Å²) in [5, 5.41) is 2.79. The van der Waals surface area contributed by atoms with Crippen LogP contribution in [0, 0.1) is 23.2 Å². The number of nitrogens with one attached hydrogen (secondary N) is 1. The van der Waals surface area contributed by atoms with Crippen LogP contribution >= 0.6 is 0 Å². The van der Waals surface area contributed by atoms with Gasteiger partial charge in [0.15, 0.2) is 6.61 Å². The third kappa shape index (κ3) is 4.18. The molecule has 4 aliphatic carbocycles.